The Morgan fingerprint density at radius 3 is 1.59 bits per heavy atom. The highest BCUT2D eigenvalue weighted by molar-refractivity contribution is 7.73. The van der Waals surface area contributed by atoms with Gasteiger partial charge in [-0.15, -0.1) is 9.24 Å². The van der Waals surface area contributed by atoms with Crippen molar-refractivity contribution in [2.75, 3.05) is 6.54 Å². The lowest BCUT2D eigenvalue weighted by atomic mass is 9.72. The van der Waals surface area contributed by atoms with E-state index in [0.29, 0.717) is 13.0 Å². The van der Waals surface area contributed by atoms with Gasteiger partial charge in [-0.25, -0.2) is 4.79 Å². The van der Waals surface area contributed by atoms with Crippen LogP contribution in [-0.4, -0.2) is 29.3 Å². The minimum atomic E-state index is -0.998. The third-order valence-electron chi connectivity index (χ3n) is 7.49. The summed E-state index contributed by atoms with van der Waals surface area (Å²) in [4.78, 5) is 14.5. The van der Waals surface area contributed by atoms with Crippen molar-refractivity contribution in [3.63, 3.8) is 0 Å². The van der Waals surface area contributed by atoms with Gasteiger partial charge in [0, 0.05) is 12.2 Å². The topological polar surface area (TPSA) is 38.3 Å². The monoisotopic (exact) mass is 553 g/mol. The fourth-order valence-electron chi connectivity index (χ4n) is 5.76. The molecule has 0 aromatic heterocycles. The van der Waals surface area contributed by atoms with Gasteiger partial charge >= 0.3 is 5.97 Å². The van der Waals surface area contributed by atoms with E-state index in [2.05, 4.69) is 99.5 Å². The quantitative estimate of drug-likeness (QED) is 0.213. The molecule has 1 N–H and O–H groups in total. The number of rotatable bonds is 7. The molecule has 1 saturated heterocycles. The average molecular weight is 554 g/mol. The van der Waals surface area contributed by atoms with Crippen molar-refractivity contribution < 1.29 is 9.53 Å². The third kappa shape index (κ3) is 5.46. The summed E-state index contributed by atoms with van der Waals surface area (Å²) in [6, 6.07) is 42.3. The molecular formula is C34H37NO2P2. The van der Waals surface area contributed by atoms with Gasteiger partial charge in [0.25, 0.3) is 0 Å². The van der Waals surface area contributed by atoms with E-state index in [0.717, 1.165) is 11.1 Å². The van der Waals surface area contributed by atoms with E-state index in [9.17, 15) is 4.79 Å². The summed E-state index contributed by atoms with van der Waals surface area (Å²) in [6.45, 7) is 6.55. The Balaban J connectivity index is 1.69. The van der Waals surface area contributed by atoms with Crippen LogP contribution in [0.1, 0.15) is 38.3 Å². The van der Waals surface area contributed by atoms with E-state index in [1.165, 1.54) is 10.6 Å². The highest BCUT2D eigenvalue weighted by Crippen LogP contribution is 2.56. The van der Waals surface area contributed by atoms with Gasteiger partial charge < -0.3 is 4.74 Å². The molecule has 0 spiro atoms. The summed E-state index contributed by atoms with van der Waals surface area (Å²) in [5.74, 6) is -0.212. The molecule has 4 aromatic rings. The zero-order chi connectivity index (χ0) is 27.5. The molecule has 4 aromatic carbocycles. The standard InChI is InChI=1S/C34H37NO2P2/c1-32(2,3)37-31(36)33(34(38,26-16-8-4-9-17-26)27-18-10-5-11-19-27)24-30(25-35-33)39(28-20-12-6-13-21-28)29-22-14-7-15-23-29/h4-23,30,35H,24-25,38H2,1-3H3/t30-,33-/m0/s1. The minimum Gasteiger partial charge on any atom is -0.459 e. The number of benzene rings is 4. The molecule has 0 amide bonds. The van der Waals surface area contributed by atoms with Crippen LogP contribution in [-0.2, 0) is 14.7 Å². The van der Waals surface area contributed by atoms with Crippen molar-refractivity contribution in [3.8, 4) is 0 Å². The first-order chi connectivity index (χ1) is 18.7. The van der Waals surface area contributed by atoms with E-state index in [4.69, 9.17) is 4.74 Å². The summed E-state index contributed by atoms with van der Waals surface area (Å²) in [7, 11) is 2.38. The van der Waals surface area contributed by atoms with Crippen molar-refractivity contribution in [3.05, 3.63) is 132 Å². The highest BCUT2D eigenvalue weighted by Gasteiger charge is 2.61. The zero-order valence-electron chi connectivity index (χ0n) is 22.9. The molecule has 1 aliphatic heterocycles. The average Bonchev–Trinajstić information content (AvgIpc) is 3.41. The normalized spacial score (nSPS) is 19.7. The van der Waals surface area contributed by atoms with Crippen molar-refractivity contribution in [2.24, 2.45) is 0 Å². The van der Waals surface area contributed by atoms with Gasteiger partial charge in [0.1, 0.15) is 11.1 Å². The maximum Gasteiger partial charge on any atom is 0.328 e. The van der Waals surface area contributed by atoms with Crippen molar-refractivity contribution >= 4 is 33.7 Å². The molecule has 200 valence electrons. The van der Waals surface area contributed by atoms with Gasteiger partial charge in [-0.1, -0.05) is 121 Å². The molecule has 5 rings (SSSR count). The molecule has 39 heavy (non-hydrogen) atoms. The second kappa shape index (κ2) is 11.3. The number of hydrogen-bond donors (Lipinski definition) is 1. The smallest absolute Gasteiger partial charge is 0.328 e. The van der Waals surface area contributed by atoms with E-state index < -0.39 is 24.2 Å². The van der Waals surface area contributed by atoms with Gasteiger partial charge in [-0.2, -0.15) is 0 Å². The Morgan fingerprint density at radius 1 is 0.769 bits per heavy atom. The molecule has 0 saturated carbocycles. The lowest BCUT2D eigenvalue weighted by molar-refractivity contribution is -0.164. The molecule has 1 fully saturated rings. The van der Waals surface area contributed by atoms with Crippen molar-refractivity contribution in [2.45, 2.75) is 49.1 Å². The molecule has 3 nitrogen and oxygen atoms in total. The fraction of sp³-hybridized carbons (Fsp3) is 0.265. The number of nitrogens with one attached hydrogen (secondary N) is 1. The molecule has 5 heteroatoms. The van der Waals surface area contributed by atoms with Crippen LogP contribution >= 0.6 is 17.2 Å². The van der Waals surface area contributed by atoms with Crippen molar-refractivity contribution in [1.82, 2.24) is 5.32 Å². The summed E-state index contributed by atoms with van der Waals surface area (Å²) in [5, 5.41) is 5.71. The molecule has 1 aliphatic rings. The summed E-state index contributed by atoms with van der Waals surface area (Å²) < 4.78 is 6.25. The summed E-state index contributed by atoms with van der Waals surface area (Å²) in [5.41, 5.74) is 0.729. The van der Waals surface area contributed by atoms with Gasteiger partial charge in [0.2, 0.25) is 0 Å². The van der Waals surface area contributed by atoms with Crippen LogP contribution in [0.15, 0.2) is 121 Å². The number of carbonyl (C=O) groups excluding carboxylic acids is 1. The minimum absolute atomic E-state index is 0.212. The Kier molecular flexibility index (Phi) is 8.06. The first-order valence-corrected chi connectivity index (χ1v) is 15.5. The third-order valence-corrected chi connectivity index (χ3v) is 11.5. The maximum atomic E-state index is 14.5. The Morgan fingerprint density at radius 2 is 1.18 bits per heavy atom. The second-order valence-electron chi connectivity index (χ2n) is 11.2. The molecule has 0 bridgehead atoms. The number of ether oxygens (including phenoxy) is 1. The molecular weight excluding hydrogens is 516 g/mol. The first-order valence-electron chi connectivity index (χ1n) is 13.5. The van der Waals surface area contributed by atoms with Crippen LogP contribution in [0.25, 0.3) is 0 Å². The summed E-state index contributed by atoms with van der Waals surface area (Å²) in [6.07, 6.45) is 0.644. The van der Waals surface area contributed by atoms with Crippen LogP contribution in [0.4, 0.5) is 0 Å². The molecule has 3 atom stereocenters. The predicted octanol–water partition coefficient (Wildman–Crippen LogP) is 6.38. The van der Waals surface area contributed by atoms with Crippen molar-refractivity contribution in [1.29, 1.82) is 0 Å². The maximum absolute atomic E-state index is 14.5. The van der Waals surface area contributed by atoms with Gasteiger partial charge in [-0.3, -0.25) is 5.32 Å². The Labute approximate surface area is 236 Å². The zero-order valence-corrected chi connectivity index (χ0v) is 24.9. The van der Waals surface area contributed by atoms with Gasteiger partial charge in [0.15, 0.2) is 0 Å². The molecule has 1 heterocycles. The molecule has 0 aliphatic carbocycles. The SMILES string of the molecule is CC(C)(C)OC(=O)[C@]1(C(P)(c2ccccc2)c2ccccc2)C[C@H](P(c2ccccc2)c2ccccc2)CN1. The van der Waals surface area contributed by atoms with Crippen LogP contribution < -0.4 is 15.9 Å². The number of hydrogen-bond acceptors (Lipinski definition) is 3. The molecule has 0 radical (unpaired) electrons. The van der Waals surface area contributed by atoms with Crippen LogP contribution in [0.3, 0.4) is 0 Å². The lowest BCUT2D eigenvalue weighted by Gasteiger charge is -2.46. The van der Waals surface area contributed by atoms with E-state index in [1.54, 1.807) is 0 Å². The Bertz CT molecular complexity index is 1300. The van der Waals surface area contributed by atoms with E-state index >= 15 is 0 Å². The van der Waals surface area contributed by atoms with Crippen LogP contribution in [0.2, 0.25) is 0 Å². The Hall–Kier alpha value is -2.83. The van der Waals surface area contributed by atoms with Crippen LogP contribution in [0.5, 0.6) is 0 Å². The highest BCUT2D eigenvalue weighted by atomic mass is 31.1. The van der Waals surface area contributed by atoms with E-state index in [1.807, 2.05) is 57.2 Å². The molecule has 1 unspecified atom stereocenters. The fourth-order valence-corrected chi connectivity index (χ4v) is 9.35. The number of esters is 1. The van der Waals surface area contributed by atoms with Gasteiger partial charge in [0.05, 0.1) is 5.16 Å². The largest absolute Gasteiger partial charge is 0.459 e. The van der Waals surface area contributed by atoms with Gasteiger partial charge in [-0.05, 0) is 56.8 Å². The number of carbonyl (C=O) groups is 1. The second-order valence-corrected chi connectivity index (χ2v) is 14.6. The predicted molar refractivity (Wildman–Crippen MR) is 167 cm³/mol. The van der Waals surface area contributed by atoms with E-state index in [-0.39, 0.29) is 11.6 Å². The first kappa shape index (κ1) is 27.7. The van der Waals surface area contributed by atoms with Crippen LogP contribution in [0, 0.1) is 0 Å². The summed E-state index contributed by atoms with van der Waals surface area (Å²) >= 11 is 0. The lowest BCUT2D eigenvalue weighted by Crippen LogP contribution is -2.62.